The van der Waals surface area contributed by atoms with Gasteiger partial charge in [-0.15, -0.1) is 0 Å². The van der Waals surface area contributed by atoms with Crippen LogP contribution < -0.4 is 5.32 Å². The number of hydrogen-bond donors (Lipinski definition) is 2. The minimum Gasteiger partial charge on any atom is -0.387 e. The topological polar surface area (TPSA) is 45.1 Å². The minimum atomic E-state index is -0.476. The van der Waals surface area contributed by atoms with Crippen LogP contribution in [-0.4, -0.2) is 16.6 Å². The van der Waals surface area contributed by atoms with E-state index in [4.69, 9.17) is 0 Å². The first-order valence-corrected chi connectivity index (χ1v) is 6.74. The maximum absolute atomic E-state index is 10.1. The van der Waals surface area contributed by atoms with Crippen molar-refractivity contribution in [3.05, 3.63) is 65.5 Å². The summed E-state index contributed by atoms with van der Waals surface area (Å²) < 4.78 is 0. The number of hydrogen-bond acceptors (Lipinski definition) is 3. The number of nitrogens with one attached hydrogen (secondary N) is 1. The quantitative estimate of drug-likeness (QED) is 0.880. The summed E-state index contributed by atoms with van der Waals surface area (Å²) in [4.78, 5) is 3.96. The molecule has 2 N–H and O–H groups in total. The average Bonchev–Trinajstić information content (AvgIpc) is 2.89. The third kappa shape index (κ3) is 2.67. The number of pyridine rings is 1. The first-order chi connectivity index (χ1) is 9.34. The van der Waals surface area contributed by atoms with Crippen LogP contribution in [0.4, 0.5) is 0 Å². The maximum atomic E-state index is 10.1. The number of aromatic nitrogens is 1. The van der Waals surface area contributed by atoms with Crippen LogP contribution in [0.1, 0.15) is 35.3 Å². The Morgan fingerprint density at radius 3 is 2.84 bits per heavy atom. The van der Waals surface area contributed by atoms with E-state index in [0.29, 0.717) is 12.6 Å². The molecule has 98 valence electrons. The van der Waals surface area contributed by atoms with Gasteiger partial charge in [0.25, 0.3) is 0 Å². The monoisotopic (exact) mass is 254 g/mol. The summed E-state index contributed by atoms with van der Waals surface area (Å²) >= 11 is 0. The van der Waals surface area contributed by atoms with Gasteiger partial charge in [-0.25, -0.2) is 0 Å². The number of benzene rings is 1. The van der Waals surface area contributed by atoms with Gasteiger partial charge in [-0.1, -0.05) is 24.3 Å². The molecule has 1 aliphatic carbocycles. The number of fused-ring (bicyclic) bond motifs is 1. The molecule has 0 radical (unpaired) electrons. The first kappa shape index (κ1) is 12.3. The molecule has 2 aromatic rings. The van der Waals surface area contributed by atoms with Gasteiger partial charge in [0, 0.05) is 25.0 Å². The molecule has 0 saturated heterocycles. The smallest absolute Gasteiger partial charge is 0.0915 e. The second kappa shape index (κ2) is 5.51. The second-order valence-corrected chi connectivity index (χ2v) is 4.99. The number of rotatable bonds is 4. The van der Waals surface area contributed by atoms with Crippen molar-refractivity contribution in [2.45, 2.75) is 25.0 Å². The third-order valence-corrected chi connectivity index (χ3v) is 3.78. The molecule has 0 saturated carbocycles. The second-order valence-electron chi connectivity index (χ2n) is 4.99. The summed E-state index contributed by atoms with van der Waals surface area (Å²) in [5.74, 6) is 0. The molecule has 1 aromatic carbocycles. The van der Waals surface area contributed by atoms with Crippen LogP contribution in [0.3, 0.4) is 0 Å². The summed E-state index contributed by atoms with van der Waals surface area (Å²) in [6.45, 7) is 0.572. The zero-order chi connectivity index (χ0) is 13.1. The van der Waals surface area contributed by atoms with Gasteiger partial charge < -0.3 is 10.4 Å². The molecule has 1 heterocycles. The van der Waals surface area contributed by atoms with Gasteiger partial charge in [0.2, 0.25) is 0 Å². The number of aliphatic hydroxyl groups excluding tert-OH is 1. The third-order valence-electron chi connectivity index (χ3n) is 3.78. The molecule has 0 amide bonds. The van der Waals surface area contributed by atoms with E-state index in [2.05, 4.69) is 34.6 Å². The van der Waals surface area contributed by atoms with Crippen LogP contribution in [0, 0.1) is 0 Å². The van der Waals surface area contributed by atoms with E-state index in [1.807, 2.05) is 12.1 Å². The summed E-state index contributed by atoms with van der Waals surface area (Å²) in [6, 6.07) is 12.6. The van der Waals surface area contributed by atoms with E-state index in [1.54, 1.807) is 12.4 Å². The standard InChI is InChI=1S/C16H18N2O/c19-16(13-7-9-17-10-8-13)11-18-15-6-5-12-3-1-2-4-14(12)15/h1-4,7-10,15-16,18-19H,5-6,11H2. The summed E-state index contributed by atoms with van der Waals surface area (Å²) in [5.41, 5.74) is 3.72. The molecule has 0 aliphatic heterocycles. The highest BCUT2D eigenvalue weighted by Gasteiger charge is 2.22. The van der Waals surface area contributed by atoms with E-state index in [0.717, 1.165) is 18.4 Å². The highest BCUT2D eigenvalue weighted by atomic mass is 16.3. The van der Waals surface area contributed by atoms with E-state index >= 15 is 0 Å². The highest BCUT2D eigenvalue weighted by Crippen LogP contribution is 2.30. The summed E-state index contributed by atoms with van der Waals surface area (Å²) in [7, 11) is 0. The predicted octanol–water partition coefficient (Wildman–Crippen LogP) is 2.39. The first-order valence-electron chi connectivity index (χ1n) is 6.74. The predicted molar refractivity (Wildman–Crippen MR) is 74.7 cm³/mol. The Labute approximate surface area is 113 Å². The van der Waals surface area contributed by atoms with Gasteiger partial charge in [-0.3, -0.25) is 4.98 Å². The van der Waals surface area contributed by atoms with Gasteiger partial charge in [0.1, 0.15) is 0 Å². The van der Waals surface area contributed by atoms with Crippen molar-refractivity contribution in [1.29, 1.82) is 0 Å². The molecular formula is C16H18N2O. The molecule has 0 bridgehead atoms. The van der Waals surface area contributed by atoms with Crippen molar-refractivity contribution in [3.8, 4) is 0 Å². The van der Waals surface area contributed by atoms with Gasteiger partial charge in [0.05, 0.1) is 6.10 Å². The van der Waals surface area contributed by atoms with Gasteiger partial charge in [-0.2, -0.15) is 0 Å². The van der Waals surface area contributed by atoms with Gasteiger partial charge >= 0.3 is 0 Å². The van der Waals surface area contributed by atoms with Crippen LogP contribution in [0.5, 0.6) is 0 Å². The molecule has 0 fully saturated rings. The highest BCUT2D eigenvalue weighted by molar-refractivity contribution is 5.34. The Morgan fingerprint density at radius 2 is 2.00 bits per heavy atom. The maximum Gasteiger partial charge on any atom is 0.0915 e. The van der Waals surface area contributed by atoms with Crippen molar-refractivity contribution >= 4 is 0 Å². The Balaban J connectivity index is 1.62. The molecule has 2 atom stereocenters. The minimum absolute atomic E-state index is 0.368. The van der Waals surface area contributed by atoms with E-state index < -0.39 is 6.10 Å². The molecule has 1 aliphatic rings. The van der Waals surface area contributed by atoms with E-state index in [-0.39, 0.29) is 0 Å². The van der Waals surface area contributed by atoms with Crippen molar-refractivity contribution in [2.75, 3.05) is 6.54 Å². The molecule has 3 nitrogen and oxygen atoms in total. The largest absolute Gasteiger partial charge is 0.387 e. The number of aryl methyl sites for hydroxylation is 1. The van der Waals surface area contributed by atoms with Crippen molar-refractivity contribution in [2.24, 2.45) is 0 Å². The Morgan fingerprint density at radius 1 is 1.21 bits per heavy atom. The van der Waals surface area contributed by atoms with Crippen molar-refractivity contribution in [3.63, 3.8) is 0 Å². The molecule has 3 rings (SSSR count). The molecule has 3 heteroatoms. The molecule has 19 heavy (non-hydrogen) atoms. The summed E-state index contributed by atoms with van der Waals surface area (Å²) in [6.07, 6.45) is 5.19. The lowest BCUT2D eigenvalue weighted by atomic mass is 10.1. The van der Waals surface area contributed by atoms with Crippen LogP contribution in [0.2, 0.25) is 0 Å². The number of aliphatic hydroxyl groups is 1. The molecule has 0 spiro atoms. The Hall–Kier alpha value is -1.71. The van der Waals surface area contributed by atoms with Crippen LogP contribution in [-0.2, 0) is 6.42 Å². The lowest BCUT2D eigenvalue weighted by Crippen LogP contribution is -2.25. The van der Waals surface area contributed by atoms with E-state index in [1.165, 1.54) is 11.1 Å². The number of nitrogens with zero attached hydrogens (tertiary/aromatic N) is 1. The molecule has 1 aromatic heterocycles. The fourth-order valence-corrected chi connectivity index (χ4v) is 2.73. The zero-order valence-corrected chi connectivity index (χ0v) is 10.8. The van der Waals surface area contributed by atoms with Crippen LogP contribution in [0.25, 0.3) is 0 Å². The average molecular weight is 254 g/mol. The fourth-order valence-electron chi connectivity index (χ4n) is 2.73. The normalized spacial score (nSPS) is 19.1. The van der Waals surface area contributed by atoms with Crippen LogP contribution in [0.15, 0.2) is 48.8 Å². The van der Waals surface area contributed by atoms with E-state index in [9.17, 15) is 5.11 Å². The summed E-state index contributed by atoms with van der Waals surface area (Å²) in [5, 5.41) is 13.6. The van der Waals surface area contributed by atoms with Crippen LogP contribution >= 0.6 is 0 Å². The fraction of sp³-hybridized carbons (Fsp3) is 0.312. The molecule has 2 unspecified atom stereocenters. The SMILES string of the molecule is OC(CNC1CCc2ccccc21)c1ccncc1. The lowest BCUT2D eigenvalue weighted by molar-refractivity contribution is 0.169. The van der Waals surface area contributed by atoms with Crippen molar-refractivity contribution in [1.82, 2.24) is 10.3 Å². The Bertz CT molecular complexity index is 541. The van der Waals surface area contributed by atoms with Crippen molar-refractivity contribution < 1.29 is 5.11 Å². The molecular weight excluding hydrogens is 236 g/mol. The zero-order valence-electron chi connectivity index (χ0n) is 10.8. The Kier molecular flexibility index (Phi) is 3.58. The van der Waals surface area contributed by atoms with Gasteiger partial charge in [-0.05, 0) is 41.7 Å². The van der Waals surface area contributed by atoms with Gasteiger partial charge in [0.15, 0.2) is 0 Å². The lowest BCUT2D eigenvalue weighted by Gasteiger charge is -2.17.